The van der Waals surface area contributed by atoms with Crippen molar-refractivity contribution in [2.45, 2.75) is 276 Å². The van der Waals surface area contributed by atoms with E-state index in [-0.39, 0.29) is 25.9 Å². The van der Waals surface area contributed by atoms with Crippen molar-refractivity contribution in [2.24, 2.45) is 0 Å². The van der Waals surface area contributed by atoms with E-state index < -0.39 is 67.3 Å². The Labute approximate surface area is 466 Å². The topological polar surface area (TPSA) is 175 Å². The number of esters is 3. The van der Waals surface area contributed by atoms with E-state index in [0.717, 1.165) is 89.9 Å². The second-order valence-electron chi connectivity index (χ2n) is 20.2. The van der Waals surface area contributed by atoms with Crippen LogP contribution in [-0.2, 0) is 42.9 Å². The number of aliphatic carboxylic acids is 1. The Kier molecular flexibility index (Phi) is 48.0. The smallest absolute Gasteiger partial charge is 0.335 e. The summed E-state index contributed by atoms with van der Waals surface area (Å²) in [6.45, 7) is 5.70. The fourth-order valence-corrected chi connectivity index (χ4v) is 8.61. The van der Waals surface area contributed by atoms with Gasteiger partial charge in [0, 0.05) is 19.3 Å². The van der Waals surface area contributed by atoms with Gasteiger partial charge in [0.1, 0.15) is 18.8 Å². The maximum Gasteiger partial charge on any atom is 0.335 e. The van der Waals surface area contributed by atoms with E-state index in [1.54, 1.807) is 0 Å². The predicted molar refractivity (Wildman–Crippen MR) is 312 cm³/mol. The number of ether oxygens (including phenoxy) is 5. The molecule has 12 nitrogen and oxygen atoms in total. The maximum atomic E-state index is 13.1. The first kappa shape index (κ1) is 70.7. The Hall–Kier alpha value is -4.36. The van der Waals surface area contributed by atoms with E-state index in [9.17, 15) is 34.5 Å². The van der Waals surface area contributed by atoms with Gasteiger partial charge in [-0.3, -0.25) is 14.4 Å². The molecule has 77 heavy (non-hydrogen) atoms. The fraction of sp³-hybridized carbons (Fsp3) is 0.692. The summed E-state index contributed by atoms with van der Waals surface area (Å²) in [6.07, 6.45) is 56.8. The van der Waals surface area contributed by atoms with Crippen molar-refractivity contribution in [1.29, 1.82) is 0 Å². The molecular weight excluding hydrogens is 973 g/mol. The lowest BCUT2D eigenvalue weighted by atomic mass is 9.98. The molecule has 0 aromatic carbocycles. The number of hydrogen-bond acceptors (Lipinski definition) is 11. The lowest BCUT2D eigenvalue weighted by Gasteiger charge is -2.40. The lowest BCUT2D eigenvalue weighted by molar-refractivity contribution is -0.301. The molecule has 0 radical (unpaired) electrons. The van der Waals surface area contributed by atoms with E-state index in [1.165, 1.54) is 83.5 Å². The number of carbonyl (C=O) groups excluding carboxylic acids is 3. The average molecular weight is 1080 g/mol. The fourth-order valence-electron chi connectivity index (χ4n) is 8.61. The van der Waals surface area contributed by atoms with Gasteiger partial charge in [0.25, 0.3) is 0 Å². The van der Waals surface area contributed by atoms with Gasteiger partial charge in [0.05, 0.1) is 6.61 Å². The molecule has 1 rings (SSSR count). The number of aliphatic hydroxyl groups excluding tert-OH is 2. The van der Waals surface area contributed by atoms with Gasteiger partial charge in [-0.2, -0.15) is 0 Å². The van der Waals surface area contributed by atoms with Crippen LogP contribution < -0.4 is 0 Å². The molecule has 1 fully saturated rings. The van der Waals surface area contributed by atoms with Crippen molar-refractivity contribution < 1.29 is 58.2 Å². The summed E-state index contributed by atoms with van der Waals surface area (Å²) in [7, 11) is 0. The third-order valence-electron chi connectivity index (χ3n) is 13.2. The summed E-state index contributed by atoms with van der Waals surface area (Å²) >= 11 is 0. The van der Waals surface area contributed by atoms with Crippen LogP contribution >= 0.6 is 0 Å². The van der Waals surface area contributed by atoms with E-state index in [0.29, 0.717) is 25.7 Å². The second-order valence-corrected chi connectivity index (χ2v) is 20.2. The van der Waals surface area contributed by atoms with E-state index in [2.05, 4.69) is 106 Å². The minimum absolute atomic E-state index is 0.0211. The van der Waals surface area contributed by atoms with Gasteiger partial charge in [-0.15, -0.1) is 0 Å². The molecule has 1 heterocycles. The molecule has 0 aromatic heterocycles. The Morgan fingerprint density at radius 2 is 0.844 bits per heavy atom. The predicted octanol–water partition coefficient (Wildman–Crippen LogP) is 15.7. The van der Waals surface area contributed by atoms with Gasteiger partial charge >= 0.3 is 23.9 Å². The third-order valence-corrected chi connectivity index (χ3v) is 13.2. The number of hydrogen-bond donors (Lipinski definition) is 3. The molecule has 0 saturated carbocycles. The zero-order valence-electron chi connectivity index (χ0n) is 48.2. The van der Waals surface area contributed by atoms with E-state index in [4.69, 9.17) is 23.7 Å². The number of carboxylic acids is 1. The highest BCUT2D eigenvalue weighted by Gasteiger charge is 2.50. The van der Waals surface area contributed by atoms with Crippen LogP contribution in [0.4, 0.5) is 0 Å². The molecule has 12 heteroatoms. The minimum Gasteiger partial charge on any atom is -0.479 e. The molecule has 3 N–H and O–H groups in total. The van der Waals surface area contributed by atoms with Crippen LogP contribution in [0.5, 0.6) is 0 Å². The SMILES string of the molecule is CC/C=C\C/C=C\C/C=C\C/C=C\CCCCCCC(=O)OC1C(OCC(COC(=O)CCCCCCCCCCCCCCCCCCC)OC(=O)CC/C=C\C/C=C\C/C=C\C/C=C\CC)OC(C(=O)O)C(O)C1O. The minimum atomic E-state index is -1.93. The summed E-state index contributed by atoms with van der Waals surface area (Å²) in [5.74, 6) is -3.26. The summed E-state index contributed by atoms with van der Waals surface area (Å²) in [5, 5.41) is 31.5. The number of aliphatic hydroxyl groups is 2. The Bertz CT molecular complexity index is 1710. The standard InChI is InChI=1S/C65H106O12/c1-4-7-10-13-16-19-22-25-27-29-31-34-36-39-42-45-48-51-57(66)73-54-56(75-58(67)52-49-46-43-40-37-33-24-21-18-15-12-9-6-3)55-74-65-63(61(70)60(69)62(77-65)64(71)72)76-59(68)53-50-47-44-41-38-35-32-30-28-26-23-20-17-14-11-8-5-2/h8-9,11-12,17-18,20-21,26,28,32-33,35,37,43,46,56,60-63,65,69-70H,4-7,10,13-16,19,22-25,27,29-31,34,36,38-42,44-45,47-55H2,1-3H3,(H,71,72)/b11-8-,12-9-,20-17-,21-18-,28-26-,35-32-,37-33-,46-43-. The molecular formula is C65H106O12. The number of carbonyl (C=O) groups is 4. The third kappa shape index (κ3) is 42.3. The molecule has 0 spiro atoms. The van der Waals surface area contributed by atoms with Gasteiger partial charge in [0.2, 0.25) is 0 Å². The monoisotopic (exact) mass is 1080 g/mol. The zero-order chi connectivity index (χ0) is 56.1. The van der Waals surface area contributed by atoms with Crippen molar-refractivity contribution in [3.63, 3.8) is 0 Å². The molecule has 0 aromatic rings. The normalized spacial score (nSPS) is 18.7. The van der Waals surface area contributed by atoms with Gasteiger partial charge in [-0.05, 0) is 83.5 Å². The van der Waals surface area contributed by atoms with Crippen molar-refractivity contribution in [3.8, 4) is 0 Å². The molecule has 1 aliphatic heterocycles. The largest absolute Gasteiger partial charge is 0.479 e. The Morgan fingerprint density at radius 1 is 0.442 bits per heavy atom. The number of carboxylic acid groups (broad SMARTS) is 1. The quantitative estimate of drug-likeness (QED) is 0.0228. The maximum absolute atomic E-state index is 13.1. The molecule has 1 aliphatic rings. The van der Waals surface area contributed by atoms with Crippen LogP contribution in [0.3, 0.4) is 0 Å². The van der Waals surface area contributed by atoms with Crippen molar-refractivity contribution in [2.75, 3.05) is 13.2 Å². The van der Waals surface area contributed by atoms with Gasteiger partial charge in [-0.1, -0.05) is 234 Å². The van der Waals surface area contributed by atoms with Crippen LogP contribution in [0.15, 0.2) is 97.2 Å². The first-order chi connectivity index (χ1) is 37.6. The molecule has 6 unspecified atom stereocenters. The second kappa shape index (κ2) is 52.3. The molecule has 0 bridgehead atoms. The summed E-state index contributed by atoms with van der Waals surface area (Å²) in [4.78, 5) is 51.1. The molecule has 438 valence electrons. The Balaban J connectivity index is 2.72. The van der Waals surface area contributed by atoms with Crippen LogP contribution in [-0.4, -0.2) is 89.2 Å². The van der Waals surface area contributed by atoms with Crippen LogP contribution in [0.2, 0.25) is 0 Å². The molecule has 0 amide bonds. The number of allylic oxidation sites excluding steroid dienone is 16. The van der Waals surface area contributed by atoms with Crippen LogP contribution in [0, 0.1) is 0 Å². The van der Waals surface area contributed by atoms with Crippen LogP contribution in [0.1, 0.15) is 239 Å². The highest BCUT2D eigenvalue weighted by Crippen LogP contribution is 2.26. The number of unbranched alkanes of at least 4 members (excludes halogenated alkanes) is 20. The van der Waals surface area contributed by atoms with Gasteiger partial charge < -0.3 is 39.0 Å². The van der Waals surface area contributed by atoms with E-state index >= 15 is 0 Å². The molecule has 1 saturated heterocycles. The van der Waals surface area contributed by atoms with Crippen molar-refractivity contribution >= 4 is 23.9 Å². The first-order valence-electron chi connectivity index (χ1n) is 30.2. The van der Waals surface area contributed by atoms with Gasteiger partial charge in [0.15, 0.2) is 24.6 Å². The summed E-state index contributed by atoms with van der Waals surface area (Å²) < 4.78 is 28.3. The summed E-state index contributed by atoms with van der Waals surface area (Å²) in [6, 6.07) is 0. The van der Waals surface area contributed by atoms with Crippen molar-refractivity contribution in [3.05, 3.63) is 97.2 Å². The molecule has 6 atom stereocenters. The van der Waals surface area contributed by atoms with Crippen molar-refractivity contribution in [1.82, 2.24) is 0 Å². The zero-order valence-corrected chi connectivity index (χ0v) is 48.2. The Morgan fingerprint density at radius 3 is 1.30 bits per heavy atom. The highest BCUT2D eigenvalue weighted by atomic mass is 16.7. The highest BCUT2D eigenvalue weighted by molar-refractivity contribution is 5.74. The lowest BCUT2D eigenvalue weighted by Crippen LogP contribution is -2.61. The summed E-state index contributed by atoms with van der Waals surface area (Å²) in [5.41, 5.74) is 0. The molecule has 0 aliphatic carbocycles. The first-order valence-corrected chi connectivity index (χ1v) is 30.2. The number of rotatable bonds is 50. The van der Waals surface area contributed by atoms with Crippen LogP contribution in [0.25, 0.3) is 0 Å². The average Bonchev–Trinajstić information content (AvgIpc) is 3.42. The van der Waals surface area contributed by atoms with E-state index in [1.807, 2.05) is 12.2 Å². The van der Waals surface area contributed by atoms with Gasteiger partial charge in [-0.25, -0.2) is 4.79 Å².